The van der Waals surface area contributed by atoms with Gasteiger partial charge in [-0.1, -0.05) is 35.3 Å². The number of rotatable bonds is 7. The molecule has 0 aliphatic carbocycles. The van der Waals surface area contributed by atoms with Crippen LogP contribution in [-0.4, -0.2) is 54.6 Å². The van der Waals surface area contributed by atoms with Crippen LogP contribution in [0.4, 0.5) is 5.95 Å². The van der Waals surface area contributed by atoms with Crippen molar-refractivity contribution in [2.75, 3.05) is 11.9 Å². The number of anilines is 1. The molecule has 0 spiro atoms. The van der Waals surface area contributed by atoms with E-state index in [4.69, 9.17) is 9.63 Å². The van der Waals surface area contributed by atoms with Gasteiger partial charge in [0, 0.05) is 6.54 Å². The van der Waals surface area contributed by atoms with E-state index in [1.165, 1.54) is 15.5 Å². The van der Waals surface area contributed by atoms with Crippen molar-refractivity contribution in [3.63, 3.8) is 0 Å². The van der Waals surface area contributed by atoms with E-state index in [0.29, 0.717) is 6.54 Å². The van der Waals surface area contributed by atoms with Crippen molar-refractivity contribution in [2.45, 2.75) is 31.1 Å². The van der Waals surface area contributed by atoms with Gasteiger partial charge >= 0.3 is 5.65 Å². The van der Waals surface area contributed by atoms with Gasteiger partial charge in [-0.05, 0) is 5.56 Å². The fraction of sp³-hybridized carbons (Fsp3) is 0.389. The van der Waals surface area contributed by atoms with Gasteiger partial charge in [-0.15, -0.1) is 0 Å². The Morgan fingerprint density at radius 3 is 2.75 bits per heavy atom. The predicted molar refractivity (Wildman–Crippen MR) is 107 cm³/mol. The van der Waals surface area contributed by atoms with Crippen LogP contribution in [0, 0.1) is 0 Å². The first-order valence-electron chi connectivity index (χ1n) is 9.62. The number of nitrogens with one attached hydrogen (secondary N) is 2. The molecular formula is C18H22N5O8P. The van der Waals surface area contributed by atoms with Crippen LogP contribution in [0.2, 0.25) is 0 Å². The predicted octanol–water partition coefficient (Wildman–Crippen LogP) is -1.74. The molecule has 0 amide bonds. The SMILES string of the molecule is Cn1c[n+]([C@@H]2O[C@H](COP(=O)([O-])O)[C@@H](O)[C@H]2O)c2nc(NCc3ccccc3)[nH]c(=O)c21. The summed E-state index contributed by atoms with van der Waals surface area (Å²) in [5.74, 6) is 0.187. The van der Waals surface area contributed by atoms with Gasteiger partial charge in [0.1, 0.15) is 18.3 Å². The van der Waals surface area contributed by atoms with Crippen molar-refractivity contribution in [3.05, 3.63) is 52.6 Å². The van der Waals surface area contributed by atoms with Crippen LogP contribution in [0.25, 0.3) is 11.2 Å². The molecule has 14 heteroatoms. The Morgan fingerprint density at radius 2 is 2.06 bits per heavy atom. The zero-order valence-electron chi connectivity index (χ0n) is 16.9. The molecule has 3 heterocycles. The number of imidazole rings is 1. The Bertz CT molecular complexity index is 1210. The molecule has 0 bridgehead atoms. The molecular weight excluding hydrogens is 445 g/mol. The van der Waals surface area contributed by atoms with E-state index in [1.807, 2.05) is 30.3 Å². The zero-order chi connectivity index (χ0) is 23.0. The number of H-pyrrole nitrogens is 1. The van der Waals surface area contributed by atoms with E-state index in [-0.39, 0.29) is 17.1 Å². The van der Waals surface area contributed by atoms with Gasteiger partial charge in [0.15, 0.2) is 6.33 Å². The van der Waals surface area contributed by atoms with Crippen molar-refractivity contribution < 1.29 is 38.4 Å². The van der Waals surface area contributed by atoms with Crippen molar-refractivity contribution >= 4 is 24.9 Å². The number of aromatic amines is 1. The van der Waals surface area contributed by atoms with Gasteiger partial charge in [-0.2, -0.15) is 0 Å². The van der Waals surface area contributed by atoms with Gasteiger partial charge in [-0.25, -0.2) is 4.57 Å². The molecule has 0 radical (unpaired) electrons. The molecule has 13 nitrogen and oxygen atoms in total. The van der Waals surface area contributed by atoms with Gasteiger partial charge < -0.3 is 34.6 Å². The molecule has 3 aromatic rings. The van der Waals surface area contributed by atoms with E-state index in [1.54, 1.807) is 7.05 Å². The Morgan fingerprint density at radius 1 is 1.34 bits per heavy atom. The maximum absolute atomic E-state index is 12.6. The van der Waals surface area contributed by atoms with Crippen LogP contribution in [0.5, 0.6) is 0 Å². The summed E-state index contributed by atoms with van der Waals surface area (Å²) in [5, 5.41) is 23.7. The van der Waals surface area contributed by atoms with E-state index < -0.39 is 44.5 Å². The number of nitrogens with zero attached hydrogens (tertiary/aromatic N) is 3. The average molecular weight is 467 g/mol. The highest BCUT2D eigenvalue weighted by Crippen LogP contribution is 2.34. The molecule has 2 aromatic heterocycles. The molecule has 1 unspecified atom stereocenters. The first-order valence-corrected chi connectivity index (χ1v) is 11.1. The number of hydrogen-bond acceptors (Lipinski definition) is 9. The fourth-order valence-corrected chi connectivity index (χ4v) is 3.90. The minimum absolute atomic E-state index is 0.168. The lowest BCUT2D eigenvalue weighted by atomic mass is 10.1. The number of ether oxygens (including phenoxy) is 1. The number of hydrogen-bond donors (Lipinski definition) is 5. The minimum Gasteiger partial charge on any atom is -0.756 e. The van der Waals surface area contributed by atoms with Crippen LogP contribution in [0.3, 0.4) is 0 Å². The van der Waals surface area contributed by atoms with Gasteiger partial charge in [-0.3, -0.25) is 18.9 Å². The van der Waals surface area contributed by atoms with Crippen molar-refractivity contribution in [2.24, 2.45) is 7.05 Å². The van der Waals surface area contributed by atoms with Crippen LogP contribution >= 0.6 is 7.82 Å². The van der Waals surface area contributed by atoms with E-state index in [9.17, 15) is 24.5 Å². The lowest BCUT2D eigenvalue weighted by Gasteiger charge is -2.19. The number of aliphatic hydroxyl groups excluding tert-OH is 2. The highest BCUT2D eigenvalue weighted by molar-refractivity contribution is 7.44. The Labute approximate surface area is 181 Å². The van der Waals surface area contributed by atoms with Crippen molar-refractivity contribution in [3.8, 4) is 0 Å². The van der Waals surface area contributed by atoms with Gasteiger partial charge in [0.05, 0.1) is 13.7 Å². The van der Waals surface area contributed by atoms with E-state index in [0.717, 1.165) is 5.56 Å². The highest BCUT2D eigenvalue weighted by Gasteiger charge is 2.47. The van der Waals surface area contributed by atoms with E-state index >= 15 is 0 Å². The molecule has 5 atom stereocenters. The summed E-state index contributed by atoms with van der Waals surface area (Å²) in [7, 11) is -3.44. The number of phosphoric acid groups is 1. The molecule has 4 rings (SSSR count). The number of fused-ring (bicyclic) bond motifs is 1. The number of phosphoric ester groups is 1. The van der Waals surface area contributed by atoms with Crippen LogP contribution in [-0.2, 0) is 27.4 Å². The Kier molecular flexibility index (Phi) is 6.14. The molecule has 1 aromatic carbocycles. The second-order valence-electron chi connectivity index (χ2n) is 7.37. The highest BCUT2D eigenvalue weighted by atomic mass is 31.2. The number of aromatic nitrogens is 4. The first kappa shape index (κ1) is 22.6. The topological polar surface area (TPSA) is 186 Å². The molecule has 0 saturated carbocycles. The summed E-state index contributed by atoms with van der Waals surface area (Å²) >= 11 is 0. The number of aryl methyl sites for hydroxylation is 1. The molecule has 5 N–H and O–H groups in total. The molecule has 1 aliphatic heterocycles. The molecule has 1 aliphatic rings. The van der Waals surface area contributed by atoms with Crippen molar-refractivity contribution in [1.29, 1.82) is 0 Å². The van der Waals surface area contributed by atoms with Crippen LogP contribution in [0.15, 0.2) is 41.5 Å². The molecule has 172 valence electrons. The summed E-state index contributed by atoms with van der Waals surface area (Å²) < 4.78 is 23.5. The standard InChI is InChI=1S/C18H22N5O8P/c1-22-9-23(17-14(25)13(24)11(31-17)8-30-32(27,28)29)15-12(22)16(26)21-18(20-15)19-7-10-5-3-2-4-6-10/h2-6,9,11,13-14,17,24-25H,7-8H2,1H3,(H3-,19,20,21,26,27,28,29)/t11-,13-,14-,17-/m1/s1. The third-order valence-corrected chi connectivity index (χ3v) is 5.56. The lowest BCUT2D eigenvalue weighted by Crippen LogP contribution is -2.46. The third-order valence-electron chi connectivity index (χ3n) is 5.09. The third kappa shape index (κ3) is 4.59. The summed E-state index contributed by atoms with van der Waals surface area (Å²) in [6, 6.07) is 9.47. The lowest BCUT2D eigenvalue weighted by molar-refractivity contribution is -0.745. The molecule has 32 heavy (non-hydrogen) atoms. The van der Waals surface area contributed by atoms with Gasteiger partial charge in [0.2, 0.25) is 11.7 Å². The quantitative estimate of drug-likeness (QED) is 0.197. The largest absolute Gasteiger partial charge is 0.756 e. The van der Waals surface area contributed by atoms with Gasteiger partial charge in [0.25, 0.3) is 19.3 Å². The first-order chi connectivity index (χ1) is 15.1. The molecule has 1 saturated heterocycles. The van der Waals surface area contributed by atoms with Crippen molar-refractivity contribution in [1.82, 2.24) is 14.5 Å². The second kappa shape index (κ2) is 8.71. The van der Waals surface area contributed by atoms with E-state index in [2.05, 4.69) is 19.8 Å². The summed E-state index contributed by atoms with van der Waals surface area (Å²) in [6.07, 6.45) is -3.96. The Balaban J connectivity index is 1.63. The van der Waals surface area contributed by atoms with Crippen LogP contribution in [0.1, 0.15) is 11.8 Å². The summed E-state index contributed by atoms with van der Waals surface area (Å²) in [5.41, 5.74) is 0.893. The zero-order valence-corrected chi connectivity index (χ0v) is 17.8. The number of benzene rings is 1. The maximum atomic E-state index is 12.6. The summed E-state index contributed by atoms with van der Waals surface area (Å²) in [6.45, 7) is -0.297. The normalized spacial score (nSPS) is 25.2. The molecule has 1 fully saturated rings. The van der Waals surface area contributed by atoms with Crippen LogP contribution < -0.4 is 20.3 Å². The second-order valence-corrected chi connectivity index (χ2v) is 8.57. The summed E-state index contributed by atoms with van der Waals surface area (Å²) in [4.78, 5) is 39.3. The number of aliphatic hydroxyl groups is 2. The minimum atomic E-state index is -5.04. The monoisotopic (exact) mass is 467 g/mol. The average Bonchev–Trinajstić information content (AvgIpc) is 3.22. The Hall–Kier alpha value is -2.64. The smallest absolute Gasteiger partial charge is 0.313 e. The fourth-order valence-electron chi connectivity index (χ4n) is 3.57. The maximum Gasteiger partial charge on any atom is 0.313 e.